The highest BCUT2D eigenvalue weighted by atomic mass is 16.3. The molecule has 1 fully saturated rings. The van der Waals surface area contributed by atoms with Crippen molar-refractivity contribution in [3.8, 4) is 0 Å². The summed E-state index contributed by atoms with van der Waals surface area (Å²) < 4.78 is 0. The molecule has 0 aromatic carbocycles. The van der Waals surface area contributed by atoms with Crippen LogP contribution in [0.5, 0.6) is 0 Å². The molecule has 4 heteroatoms. The molecular weight excluding hydrogens is 190 g/mol. The smallest absolute Gasteiger partial charge is 0.133 e. The fourth-order valence-electron chi connectivity index (χ4n) is 1.98. The van der Waals surface area contributed by atoms with E-state index in [0.717, 1.165) is 25.3 Å². The van der Waals surface area contributed by atoms with E-state index < -0.39 is 0 Å². The first kappa shape index (κ1) is 10.4. The average molecular weight is 207 g/mol. The van der Waals surface area contributed by atoms with Gasteiger partial charge in [0.25, 0.3) is 0 Å². The summed E-state index contributed by atoms with van der Waals surface area (Å²) >= 11 is 0. The minimum Gasteiger partial charge on any atom is -0.391 e. The highest BCUT2D eigenvalue weighted by molar-refractivity contribution is 5.47. The second-order valence-corrected chi connectivity index (χ2v) is 3.90. The molecule has 0 amide bonds. The number of hydrogen-bond donors (Lipinski definition) is 2. The van der Waals surface area contributed by atoms with Crippen molar-refractivity contribution in [2.75, 3.05) is 25.0 Å². The standard InChI is InChI=1S/C11H17N3O/c1-12-7-9-3-2-5-13-11(9)14-6-4-10(15)8-14/h2-3,5,10,12,15H,4,6-8H2,1H3. The Morgan fingerprint density at radius 3 is 3.20 bits per heavy atom. The molecular formula is C11H17N3O. The number of nitrogens with one attached hydrogen (secondary N) is 1. The molecule has 1 saturated heterocycles. The van der Waals surface area contributed by atoms with Gasteiger partial charge in [-0.3, -0.25) is 0 Å². The van der Waals surface area contributed by atoms with Crippen molar-refractivity contribution in [3.63, 3.8) is 0 Å². The van der Waals surface area contributed by atoms with E-state index >= 15 is 0 Å². The molecule has 2 rings (SSSR count). The Morgan fingerprint density at radius 1 is 1.67 bits per heavy atom. The van der Waals surface area contributed by atoms with Crippen molar-refractivity contribution in [2.24, 2.45) is 0 Å². The first-order valence-corrected chi connectivity index (χ1v) is 5.33. The van der Waals surface area contributed by atoms with Crippen molar-refractivity contribution in [1.29, 1.82) is 0 Å². The minimum atomic E-state index is -0.200. The Balaban J connectivity index is 2.19. The van der Waals surface area contributed by atoms with Crippen LogP contribution in [0.2, 0.25) is 0 Å². The number of nitrogens with zero attached hydrogens (tertiary/aromatic N) is 2. The lowest BCUT2D eigenvalue weighted by atomic mass is 10.2. The molecule has 1 atom stereocenters. The normalized spacial score (nSPS) is 20.9. The third-order valence-electron chi connectivity index (χ3n) is 2.70. The van der Waals surface area contributed by atoms with Gasteiger partial charge in [0.15, 0.2) is 0 Å². The predicted octanol–water partition coefficient (Wildman–Crippen LogP) is 0.372. The van der Waals surface area contributed by atoms with E-state index in [-0.39, 0.29) is 6.10 Å². The highest BCUT2D eigenvalue weighted by Gasteiger charge is 2.22. The van der Waals surface area contributed by atoms with Crippen molar-refractivity contribution in [1.82, 2.24) is 10.3 Å². The summed E-state index contributed by atoms with van der Waals surface area (Å²) in [4.78, 5) is 6.54. The van der Waals surface area contributed by atoms with Crippen LogP contribution in [0.25, 0.3) is 0 Å². The van der Waals surface area contributed by atoms with E-state index in [9.17, 15) is 5.11 Å². The van der Waals surface area contributed by atoms with Crippen molar-refractivity contribution in [2.45, 2.75) is 19.1 Å². The minimum absolute atomic E-state index is 0.200. The Kier molecular flexibility index (Phi) is 3.18. The number of aliphatic hydroxyl groups is 1. The Morgan fingerprint density at radius 2 is 2.53 bits per heavy atom. The Bertz CT molecular complexity index is 329. The zero-order chi connectivity index (χ0) is 10.7. The lowest BCUT2D eigenvalue weighted by Gasteiger charge is -2.19. The number of aromatic nitrogens is 1. The molecule has 0 saturated carbocycles. The van der Waals surface area contributed by atoms with Crippen LogP contribution in [0.4, 0.5) is 5.82 Å². The van der Waals surface area contributed by atoms with Gasteiger partial charge < -0.3 is 15.3 Å². The molecule has 0 spiro atoms. The SMILES string of the molecule is CNCc1cccnc1N1CCC(O)C1. The predicted molar refractivity (Wildman–Crippen MR) is 59.8 cm³/mol. The number of aliphatic hydroxyl groups excluding tert-OH is 1. The lowest BCUT2D eigenvalue weighted by Crippen LogP contribution is -2.24. The van der Waals surface area contributed by atoms with Gasteiger partial charge in [0.05, 0.1) is 6.10 Å². The van der Waals surface area contributed by atoms with Gasteiger partial charge in [0.1, 0.15) is 5.82 Å². The third-order valence-corrected chi connectivity index (χ3v) is 2.70. The molecule has 0 bridgehead atoms. The second kappa shape index (κ2) is 4.59. The van der Waals surface area contributed by atoms with Gasteiger partial charge >= 0.3 is 0 Å². The van der Waals surface area contributed by atoms with Gasteiger partial charge in [-0.15, -0.1) is 0 Å². The van der Waals surface area contributed by atoms with Gasteiger partial charge in [-0.1, -0.05) is 6.07 Å². The molecule has 0 aliphatic carbocycles. The fraction of sp³-hybridized carbons (Fsp3) is 0.545. The summed E-state index contributed by atoms with van der Waals surface area (Å²) in [5.74, 6) is 1.00. The van der Waals surface area contributed by atoms with E-state index in [1.54, 1.807) is 6.20 Å². The molecule has 82 valence electrons. The largest absolute Gasteiger partial charge is 0.391 e. The summed E-state index contributed by atoms with van der Waals surface area (Å²) in [6.45, 7) is 2.42. The van der Waals surface area contributed by atoms with Crippen LogP contribution >= 0.6 is 0 Å². The van der Waals surface area contributed by atoms with Gasteiger partial charge in [0.2, 0.25) is 0 Å². The summed E-state index contributed by atoms with van der Waals surface area (Å²) in [6.07, 6.45) is 2.45. The Hall–Kier alpha value is -1.13. The molecule has 2 N–H and O–H groups in total. The fourth-order valence-corrected chi connectivity index (χ4v) is 1.98. The van der Waals surface area contributed by atoms with E-state index in [1.165, 1.54) is 5.56 Å². The van der Waals surface area contributed by atoms with E-state index in [0.29, 0.717) is 6.54 Å². The monoisotopic (exact) mass is 207 g/mol. The van der Waals surface area contributed by atoms with E-state index in [4.69, 9.17) is 0 Å². The molecule has 1 aliphatic rings. The molecule has 15 heavy (non-hydrogen) atoms. The maximum absolute atomic E-state index is 9.50. The zero-order valence-electron chi connectivity index (χ0n) is 8.98. The van der Waals surface area contributed by atoms with Crippen LogP contribution < -0.4 is 10.2 Å². The Labute approximate surface area is 89.9 Å². The highest BCUT2D eigenvalue weighted by Crippen LogP contribution is 2.21. The molecule has 4 nitrogen and oxygen atoms in total. The first-order chi connectivity index (χ1) is 7.31. The number of rotatable bonds is 3. The van der Waals surface area contributed by atoms with Gasteiger partial charge in [-0.2, -0.15) is 0 Å². The number of β-amino-alcohol motifs (C(OH)–C–C–N with tert-alkyl or cyclic N) is 1. The molecule has 1 aromatic heterocycles. The molecule has 1 aliphatic heterocycles. The van der Waals surface area contributed by atoms with Crippen LogP contribution in [0.1, 0.15) is 12.0 Å². The topological polar surface area (TPSA) is 48.4 Å². The van der Waals surface area contributed by atoms with Gasteiger partial charge in [0, 0.05) is 31.4 Å². The van der Waals surface area contributed by atoms with Crippen LogP contribution in [-0.4, -0.2) is 36.3 Å². The van der Waals surface area contributed by atoms with Crippen molar-refractivity contribution < 1.29 is 5.11 Å². The second-order valence-electron chi connectivity index (χ2n) is 3.90. The summed E-state index contributed by atoms with van der Waals surface area (Å²) in [5.41, 5.74) is 1.19. The third kappa shape index (κ3) is 2.27. The zero-order valence-corrected chi connectivity index (χ0v) is 8.98. The quantitative estimate of drug-likeness (QED) is 0.752. The maximum atomic E-state index is 9.50. The van der Waals surface area contributed by atoms with Gasteiger partial charge in [-0.05, 0) is 19.5 Å². The average Bonchev–Trinajstić information content (AvgIpc) is 2.66. The maximum Gasteiger partial charge on any atom is 0.133 e. The van der Waals surface area contributed by atoms with Crippen LogP contribution in [0.15, 0.2) is 18.3 Å². The van der Waals surface area contributed by atoms with Crippen LogP contribution in [0.3, 0.4) is 0 Å². The van der Waals surface area contributed by atoms with E-state index in [2.05, 4.69) is 21.3 Å². The number of pyridine rings is 1. The molecule has 1 aromatic rings. The number of hydrogen-bond acceptors (Lipinski definition) is 4. The van der Waals surface area contributed by atoms with E-state index in [1.807, 2.05) is 13.1 Å². The van der Waals surface area contributed by atoms with Crippen LogP contribution in [0, 0.1) is 0 Å². The summed E-state index contributed by atoms with van der Waals surface area (Å²) in [7, 11) is 1.93. The van der Waals surface area contributed by atoms with Crippen molar-refractivity contribution >= 4 is 5.82 Å². The van der Waals surface area contributed by atoms with Crippen LogP contribution in [-0.2, 0) is 6.54 Å². The molecule has 0 radical (unpaired) electrons. The summed E-state index contributed by atoms with van der Waals surface area (Å²) in [5, 5.41) is 12.6. The molecule has 1 unspecified atom stereocenters. The summed E-state index contributed by atoms with van der Waals surface area (Å²) in [6, 6.07) is 4.02. The lowest BCUT2D eigenvalue weighted by molar-refractivity contribution is 0.198. The first-order valence-electron chi connectivity index (χ1n) is 5.33. The van der Waals surface area contributed by atoms with Gasteiger partial charge in [-0.25, -0.2) is 4.98 Å². The van der Waals surface area contributed by atoms with Crippen molar-refractivity contribution in [3.05, 3.63) is 23.9 Å². The number of anilines is 1. The molecule has 2 heterocycles.